The molecule has 0 unspecified atom stereocenters. The SMILES string of the molecule is Cc1ccc(N=C=O)cc1[N+](=O)[O-]. The van der Waals surface area contributed by atoms with Crippen LogP contribution in [0.4, 0.5) is 11.4 Å². The van der Waals surface area contributed by atoms with E-state index in [-0.39, 0.29) is 11.4 Å². The molecule has 0 fully saturated rings. The Hall–Kier alpha value is -2.00. The van der Waals surface area contributed by atoms with Gasteiger partial charge in [0.15, 0.2) is 0 Å². The molecule has 0 aliphatic rings. The van der Waals surface area contributed by atoms with E-state index in [4.69, 9.17) is 0 Å². The maximum absolute atomic E-state index is 10.4. The van der Waals surface area contributed by atoms with Gasteiger partial charge in [-0.05, 0) is 13.0 Å². The fraction of sp³-hybridized carbons (Fsp3) is 0.125. The monoisotopic (exact) mass is 178 g/mol. The molecule has 0 N–H and O–H groups in total. The number of hydrogen-bond acceptors (Lipinski definition) is 4. The Labute approximate surface area is 73.9 Å². The number of hydrogen-bond donors (Lipinski definition) is 0. The second kappa shape index (κ2) is 3.60. The topological polar surface area (TPSA) is 72.6 Å². The van der Waals surface area contributed by atoms with Crippen LogP contribution in [0.25, 0.3) is 0 Å². The van der Waals surface area contributed by atoms with E-state index in [0.29, 0.717) is 5.56 Å². The van der Waals surface area contributed by atoms with Crippen LogP contribution in [0.15, 0.2) is 23.2 Å². The largest absolute Gasteiger partial charge is 0.274 e. The third-order valence-electron chi connectivity index (χ3n) is 1.56. The highest BCUT2D eigenvalue weighted by Crippen LogP contribution is 2.23. The summed E-state index contributed by atoms with van der Waals surface area (Å²) in [4.78, 5) is 23.1. The fourth-order valence-corrected chi connectivity index (χ4v) is 0.917. The predicted molar refractivity (Wildman–Crippen MR) is 45.6 cm³/mol. The average Bonchev–Trinajstić information content (AvgIpc) is 2.08. The number of aryl methyl sites for hydroxylation is 1. The predicted octanol–water partition coefficient (Wildman–Crippen LogP) is 1.87. The fourth-order valence-electron chi connectivity index (χ4n) is 0.917. The lowest BCUT2D eigenvalue weighted by atomic mass is 10.2. The van der Waals surface area contributed by atoms with Gasteiger partial charge >= 0.3 is 0 Å². The van der Waals surface area contributed by atoms with E-state index in [1.807, 2.05) is 0 Å². The van der Waals surface area contributed by atoms with Crippen molar-refractivity contribution in [2.24, 2.45) is 4.99 Å². The zero-order chi connectivity index (χ0) is 9.84. The Morgan fingerprint density at radius 2 is 2.23 bits per heavy atom. The highest BCUT2D eigenvalue weighted by Gasteiger charge is 2.10. The van der Waals surface area contributed by atoms with Gasteiger partial charge in [0.25, 0.3) is 5.69 Å². The molecular weight excluding hydrogens is 172 g/mol. The second-order valence-corrected chi connectivity index (χ2v) is 2.43. The van der Waals surface area contributed by atoms with Crippen molar-refractivity contribution in [3.63, 3.8) is 0 Å². The molecule has 0 spiro atoms. The van der Waals surface area contributed by atoms with E-state index >= 15 is 0 Å². The molecule has 0 saturated carbocycles. The Morgan fingerprint density at radius 1 is 1.54 bits per heavy atom. The molecular formula is C8H6N2O3. The zero-order valence-electron chi connectivity index (χ0n) is 6.85. The molecule has 0 aliphatic heterocycles. The number of nitro benzene ring substituents is 1. The van der Waals surface area contributed by atoms with Gasteiger partial charge in [0.1, 0.15) is 0 Å². The molecule has 1 aromatic rings. The number of nitrogens with zero attached hydrogens (tertiary/aromatic N) is 2. The molecule has 0 heterocycles. The third kappa shape index (κ3) is 1.98. The molecule has 0 aromatic heterocycles. The number of isocyanates is 1. The molecule has 1 rings (SSSR count). The van der Waals surface area contributed by atoms with Crippen molar-refractivity contribution < 1.29 is 9.72 Å². The van der Waals surface area contributed by atoms with Crippen molar-refractivity contribution in [1.29, 1.82) is 0 Å². The van der Waals surface area contributed by atoms with Crippen LogP contribution < -0.4 is 0 Å². The van der Waals surface area contributed by atoms with Crippen LogP contribution in [-0.4, -0.2) is 11.0 Å². The molecule has 0 bridgehead atoms. The van der Waals surface area contributed by atoms with Gasteiger partial charge in [-0.25, -0.2) is 4.79 Å². The first kappa shape index (κ1) is 9.09. The summed E-state index contributed by atoms with van der Waals surface area (Å²) in [6.07, 6.45) is 1.32. The Kier molecular flexibility index (Phi) is 2.52. The first-order valence-corrected chi connectivity index (χ1v) is 3.48. The highest BCUT2D eigenvalue weighted by molar-refractivity contribution is 5.55. The molecule has 0 aliphatic carbocycles. The minimum Gasteiger partial charge on any atom is -0.258 e. The summed E-state index contributed by atoms with van der Waals surface area (Å²) < 4.78 is 0. The van der Waals surface area contributed by atoms with Gasteiger partial charge in [-0.2, -0.15) is 4.99 Å². The summed E-state index contributed by atoms with van der Waals surface area (Å²) in [7, 11) is 0. The van der Waals surface area contributed by atoms with Crippen LogP contribution in [0, 0.1) is 17.0 Å². The summed E-state index contributed by atoms with van der Waals surface area (Å²) >= 11 is 0. The van der Waals surface area contributed by atoms with Gasteiger partial charge in [0.2, 0.25) is 6.08 Å². The summed E-state index contributed by atoms with van der Waals surface area (Å²) in [6, 6.07) is 4.29. The summed E-state index contributed by atoms with van der Waals surface area (Å²) in [5.74, 6) is 0. The summed E-state index contributed by atoms with van der Waals surface area (Å²) in [5.41, 5.74) is 0.735. The molecule has 66 valence electrons. The van der Waals surface area contributed by atoms with Crippen LogP contribution in [0.5, 0.6) is 0 Å². The van der Waals surface area contributed by atoms with Crippen molar-refractivity contribution in [2.75, 3.05) is 0 Å². The average molecular weight is 178 g/mol. The van der Waals surface area contributed by atoms with E-state index in [9.17, 15) is 14.9 Å². The summed E-state index contributed by atoms with van der Waals surface area (Å²) in [6.45, 7) is 1.62. The van der Waals surface area contributed by atoms with E-state index in [1.165, 1.54) is 24.3 Å². The second-order valence-electron chi connectivity index (χ2n) is 2.43. The van der Waals surface area contributed by atoms with Crippen LogP contribution >= 0.6 is 0 Å². The molecule has 5 heteroatoms. The zero-order valence-corrected chi connectivity index (χ0v) is 6.85. The maximum Gasteiger partial charge on any atom is 0.274 e. The van der Waals surface area contributed by atoms with Gasteiger partial charge in [-0.1, -0.05) is 6.07 Å². The lowest BCUT2D eigenvalue weighted by Gasteiger charge is -1.96. The standard InChI is InChI=1S/C8H6N2O3/c1-6-2-3-7(9-5-11)4-8(6)10(12)13/h2-4H,1H3. The molecule has 13 heavy (non-hydrogen) atoms. The smallest absolute Gasteiger partial charge is 0.258 e. The number of nitro groups is 1. The lowest BCUT2D eigenvalue weighted by Crippen LogP contribution is -1.90. The molecule has 0 radical (unpaired) electrons. The highest BCUT2D eigenvalue weighted by atomic mass is 16.6. The Bertz CT molecular complexity index is 394. The molecule has 0 atom stereocenters. The quantitative estimate of drug-likeness (QED) is 0.300. The summed E-state index contributed by atoms with van der Waals surface area (Å²) in [5, 5.41) is 10.4. The number of benzene rings is 1. The lowest BCUT2D eigenvalue weighted by molar-refractivity contribution is -0.385. The number of carbonyl (C=O) groups excluding carboxylic acids is 1. The molecule has 0 saturated heterocycles. The van der Waals surface area contributed by atoms with Crippen LogP contribution in [0.3, 0.4) is 0 Å². The van der Waals surface area contributed by atoms with Crippen LogP contribution in [-0.2, 0) is 4.79 Å². The van der Waals surface area contributed by atoms with Crippen LogP contribution in [0.2, 0.25) is 0 Å². The van der Waals surface area contributed by atoms with Crippen molar-refractivity contribution in [2.45, 2.75) is 6.92 Å². The van der Waals surface area contributed by atoms with E-state index in [0.717, 1.165) is 0 Å². The van der Waals surface area contributed by atoms with E-state index < -0.39 is 4.92 Å². The third-order valence-corrected chi connectivity index (χ3v) is 1.56. The normalized spacial score (nSPS) is 9.00. The van der Waals surface area contributed by atoms with Gasteiger partial charge in [-0.15, -0.1) is 0 Å². The molecule has 0 amide bonds. The van der Waals surface area contributed by atoms with Crippen molar-refractivity contribution in [3.05, 3.63) is 33.9 Å². The van der Waals surface area contributed by atoms with Crippen molar-refractivity contribution in [3.8, 4) is 0 Å². The van der Waals surface area contributed by atoms with Gasteiger partial charge in [-0.3, -0.25) is 10.1 Å². The molecule has 5 nitrogen and oxygen atoms in total. The van der Waals surface area contributed by atoms with Crippen LogP contribution in [0.1, 0.15) is 5.56 Å². The minimum atomic E-state index is -0.515. The van der Waals surface area contributed by atoms with Gasteiger partial charge in [0.05, 0.1) is 10.6 Å². The maximum atomic E-state index is 10.4. The van der Waals surface area contributed by atoms with Gasteiger partial charge < -0.3 is 0 Å². The van der Waals surface area contributed by atoms with E-state index in [1.54, 1.807) is 6.92 Å². The van der Waals surface area contributed by atoms with Gasteiger partial charge in [0, 0.05) is 11.6 Å². The molecule has 1 aromatic carbocycles. The van der Waals surface area contributed by atoms with Crippen molar-refractivity contribution >= 4 is 17.5 Å². The van der Waals surface area contributed by atoms with E-state index in [2.05, 4.69) is 4.99 Å². The minimum absolute atomic E-state index is 0.0449. The number of aliphatic imine (C=N–C) groups is 1. The Morgan fingerprint density at radius 3 is 2.77 bits per heavy atom. The van der Waals surface area contributed by atoms with Crippen molar-refractivity contribution in [1.82, 2.24) is 0 Å². The first-order chi connectivity index (χ1) is 6.15. The number of rotatable bonds is 2. The Balaban J connectivity index is 3.26. The first-order valence-electron chi connectivity index (χ1n) is 3.48.